The van der Waals surface area contributed by atoms with E-state index >= 15 is 0 Å². The van der Waals surface area contributed by atoms with Gasteiger partial charge in [0.1, 0.15) is 0 Å². The zero-order valence-electron chi connectivity index (χ0n) is 14.9. The van der Waals surface area contributed by atoms with Gasteiger partial charge in [-0.05, 0) is 63.8 Å². The largest absolute Gasteiger partial charge is 0.382 e. The second-order valence-corrected chi connectivity index (χ2v) is 7.43. The molecule has 2 atom stereocenters. The third kappa shape index (κ3) is 3.93. The molecule has 0 fully saturated rings. The molecule has 132 valence electrons. The summed E-state index contributed by atoms with van der Waals surface area (Å²) in [7, 11) is 1.70. The van der Waals surface area contributed by atoms with E-state index in [9.17, 15) is 4.79 Å². The van der Waals surface area contributed by atoms with Gasteiger partial charge in [-0.1, -0.05) is 11.1 Å². The van der Waals surface area contributed by atoms with Crippen LogP contribution < -0.4 is 11.1 Å². The van der Waals surface area contributed by atoms with Crippen LogP contribution in [0.15, 0.2) is 29.3 Å². The van der Waals surface area contributed by atoms with Crippen LogP contribution in [0.1, 0.15) is 49.5 Å². The number of carbonyl (C=O) groups is 1. The molecular formula is C19H27ClN2O2. The summed E-state index contributed by atoms with van der Waals surface area (Å²) in [5, 5.41) is 3.46. The second-order valence-electron chi connectivity index (χ2n) is 6.90. The third-order valence-corrected chi connectivity index (χ3v) is 5.55. The second kappa shape index (κ2) is 7.58. The summed E-state index contributed by atoms with van der Waals surface area (Å²) in [6.07, 6.45) is 2.54. The van der Waals surface area contributed by atoms with Crippen LogP contribution in [0.3, 0.4) is 0 Å². The van der Waals surface area contributed by atoms with E-state index in [-0.39, 0.29) is 10.9 Å². The summed E-state index contributed by atoms with van der Waals surface area (Å²) in [6.45, 7) is 6.96. The predicted octanol–water partition coefficient (Wildman–Crippen LogP) is 3.88. The highest BCUT2D eigenvalue weighted by Crippen LogP contribution is 2.38. The number of nitrogens with two attached hydrogens (primary N) is 1. The molecule has 4 nitrogen and oxygen atoms in total. The smallest absolute Gasteiger partial charge is 0.248 e. The van der Waals surface area contributed by atoms with Gasteiger partial charge in [-0.2, -0.15) is 0 Å². The number of alkyl halides is 1. The summed E-state index contributed by atoms with van der Waals surface area (Å²) < 4.78 is 5.49. The lowest BCUT2D eigenvalue weighted by Crippen LogP contribution is -2.54. The molecule has 0 saturated carbocycles. The zero-order valence-corrected chi connectivity index (χ0v) is 15.7. The minimum absolute atomic E-state index is 0.127. The molecule has 0 aromatic heterocycles. The lowest BCUT2D eigenvalue weighted by molar-refractivity contribution is 0.1000. The summed E-state index contributed by atoms with van der Waals surface area (Å²) in [5.74, 6) is -0.420. The van der Waals surface area contributed by atoms with Crippen molar-refractivity contribution in [2.45, 2.75) is 50.9 Å². The van der Waals surface area contributed by atoms with Gasteiger partial charge in [-0.25, -0.2) is 0 Å². The SMILES string of the molecule is COC[C@@]1(CCC(C)=C(C)C)Nc2ccc(C(N)=O)cc2C[C@H]1Cl. The maximum atomic E-state index is 11.4. The molecule has 24 heavy (non-hydrogen) atoms. The topological polar surface area (TPSA) is 64.3 Å². The average molecular weight is 351 g/mol. The molecule has 1 amide bonds. The molecule has 0 unspecified atom stereocenters. The number of amides is 1. The van der Waals surface area contributed by atoms with Crippen molar-refractivity contribution in [3.63, 3.8) is 0 Å². The standard InChI is InChI=1S/C19H27ClN2O2/c1-12(2)13(3)7-8-19(11-24-4)17(20)10-15-9-14(18(21)23)5-6-16(15)22-19/h5-6,9,17,22H,7-8,10-11H2,1-4H3,(H2,21,23)/t17-,19-/m1/s1. The number of anilines is 1. The number of benzene rings is 1. The van der Waals surface area contributed by atoms with Crippen molar-refractivity contribution < 1.29 is 9.53 Å². The molecule has 1 heterocycles. The van der Waals surface area contributed by atoms with E-state index in [2.05, 4.69) is 26.1 Å². The van der Waals surface area contributed by atoms with E-state index in [1.54, 1.807) is 13.2 Å². The van der Waals surface area contributed by atoms with E-state index in [0.29, 0.717) is 18.6 Å². The van der Waals surface area contributed by atoms with Crippen molar-refractivity contribution in [1.29, 1.82) is 0 Å². The quantitative estimate of drug-likeness (QED) is 0.604. The van der Waals surface area contributed by atoms with Gasteiger partial charge in [0.05, 0.1) is 17.5 Å². The van der Waals surface area contributed by atoms with Gasteiger partial charge in [-0.15, -0.1) is 11.6 Å². The van der Waals surface area contributed by atoms with Gasteiger partial charge in [0, 0.05) is 18.4 Å². The van der Waals surface area contributed by atoms with Crippen molar-refractivity contribution in [1.82, 2.24) is 0 Å². The fraction of sp³-hybridized carbons (Fsp3) is 0.526. The number of halogens is 1. The summed E-state index contributed by atoms with van der Waals surface area (Å²) in [5.41, 5.74) is 10.3. The fourth-order valence-corrected chi connectivity index (χ4v) is 3.50. The molecule has 1 aromatic rings. The number of hydrogen-bond donors (Lipinski definition) is 2. The van der Waals surface area contributed by atoms with E-state index < -0.39 is 5.91 Å². The van der Waals surface area contributed by atoms with Gasteiger partial charge in [0.2, 0.25) is 5.91 Å². The van der Waals surface area contributed by atoms with Crippen molar-refractivity contribution in [3.8, 4) is 0 Å². The first-order valence-electron chi connectivity index (χ1n) is 8.26. The van der Waals surface area contributed by atoms with E-state index in [1.807, 2.05) is 12.1 Å². The maximum Gasteiger partial charge on any atom is 0.248 e. The maximum absolute atomic E-state index is 11.4. The summed E-state index contributed by atoms with van der Waals surface area (Å²) in [6, 6.07) is 5.50. The van der Waals surface area contributed by atoms with Gasteiger partial charge in [-0.3, -0.25) is 4.79 Å². The molecule has 5 heteroatoms. The lowest BCUT2D eigenvalue weighted by Gasteiger charge is -2.43. The lowest BCUT2D eigenvalue weighted by atomic mass is 9.81. The monoisotopic (exact) mass is 350 g/mol. The van der Waals surface area contributed by atoms with Crippen LogP contribution in [0.4, 0.5) is 5.69 Å². The average Bonchev–Trinajstić information content (AvgIpc) is 2.53. The minimum atomic E-state index is -0.420. The Labute approximate surface area is 149 Å². The van der Waals surface area contributed by atoms with Gasteiger partial charge in [0.25, 0.3) is 0 Å². The number of nitrogens with one attached hydrogen (secondary N) is 1. The van der Waals surface area contributed by atoms with Crippen LogP contribution in [-0.2, 0) is 11.2 Å². The number of methoxy groups -OCH3 is 1. The van der Waals surface area contributed by atoms with E-state index in [0.717, 1.165) is 24.1 Å². The first-order chi connectivity index (χ1) is 11.3. The number of hydrogen-bond acceptors (Lipinski definition) is 3. The van der Waals surface area contributed by atoms with Crippen molar-refractivity contribution >= 4 is 23.2 Å². The molecule has 0 aliphatic carbocycles. The third-order valence-electron chi connectivity index (χ3n) is 4.97. The number of rotatable bonds is 6. The molecule has 1 aromatic carbocycles. The molecule has 0 spiro atoms. The Bertz CT molecular complexity index is 653. The summed E-state index contributed by atoms with van der Waals surface area (Å²) in [4.78, 5) is 11.4. The molecule has 2 rings (SSSR count). The Kier molecular flexibility index (Phi) is 5.94. The summed E-state index contributed by atoms with van der Waals surface area (Å²) >= 11 is 6.77. The molecule has 0 bridgehead atoms. The van der Waals surface area contributed by atoms with Gasteiger partial charge >= 0.3 is 0 Å². The van der Waals surface area contributed by atoms with E-state index in [4.69, 9.17) is 22.1 Å². The van der Waals surface area contributed by atoms with Crippen molar-refractivity contribution in [2.24, 2.45) is 5.73 Å². The van der Waals surface area contributed by atoms with Crippen LogP contribution >= 0.6 is 11.6 Å². The van der Waals surface area contributed by atoms with Crippen molar-refractivity contribution in [3.05, 3.63) is 40.5 Å². The van der Waals surface area contributed by atoms with E-state index in [1.165, 1.54) is 11.1 Å². The Morgan fingerprint density at radius 2 is 2.12 bits per heavy atom. The normalized spacial score (nSPS) is 22.5. The predicted molar refractivity (Wildman–Crippen MR) is 99.8 cm³/mol. The number of primary amides is 1. The van der Waals surface area contributed by atoms with Gasteiger partial charge < -0.3 is 15.8 Å². The van der Waals surface area contributed by atoms with Crippen LogP contribution in [0, 0.1) is 0 Å². The van der Waals surface area contributed by atoms with Crippen LogP contribution in [0.5, 0.6) is 0 Å². The number of carbonyl (C=O) groups excluding carboxylic acids is 1. The van der Waals surface area contributed by atoms with Crippen LogP contribution in [0.25, 0.3) is 0 Å². The van der Waals surface area contributed by atoms with Gasteiger partial charge in [0.15, 0.2) is 0 Å². The first kappa shape index (κ1) is 18.8. The Hall–Kier alpha value is -1.52. The number of allylic oxidation sites excluding steroid dienone is 2. The Morgan fingerprint density at radius 3 is 2.71 bits per heavy atom. The van der Waals surface area contributed by atoms with Crippen LogP contribution in [0.2, 0.25) is 0 Å². The molecule has 1 aliphatic rings. The van der Waals surface area contributed by atoms with Crippen LogP contribution in [-0.4, -0.2) is 30.5 Å². The minimum Gasteiger partial charge on any atom is -0.382 e. The highest BCUT2D eigenvalue weighted by Gasteiger charge is 2.41. The Morgan fingerprint density at radius 1 is 1.42 bits per heavy atom. The molecular weight excluding hydrogens is 324 g/mol. The molecule has 1 aliphatic heterocycles. The molecule has 0 saturated heterocycles. The van der Waals surface area contributed by atoms with Crippen molar-refractivity contribution in [2.75, 3.05) is 19.0 Å². The highest BCUT2D eigenvalue weighted by molar-refractivity contribution is 6.22. The molecule has 0 radical (unpaired) electrons. The zero-order chi connectivity index (χ0) is 17.9. The number of fused-ring (bicyclic) bond motifs is 1. The Balaban J connectivity index is 2.30. The first-order valence-corrected chi connectivity index (χ1v) is 8.69. The number of ether oxygens (including phenoxy) is 1. The fourth-order valence-electron chi connectivity index (χ4n) is 3.11. The molecule has 3 N–H and O–H groups in total. The highest BCUT2D eigenvalue weighted by atomic mass is 35.5.